The van der Waals surface area contributed by atoms with Crippen molar-refractivity contribution >= 4 is 50.7 Å². The Labute approximate surface area is 244 Å². The molecule has 13 nitrogen and oxygen atoms in total. The molecule has 41 heavy (non-hydrogen) atoms. The maximum Gasteiger partial charge on any atom is 0.338 e. The van der Waals surface area contributed by atoms with Gasteiger partial charge in [-0.15, -0.1) is 0 Å². The minimum absolute atomic E-state index is 0.0335. The molecule has 1 atom stereocenters. The van der Waals surface area contributed by atoms with E-state index in [-0.39, 0.29) is 27.1 Å². The van der Waals surface area contributed by atoms with Crippen LogP contribution in [0, 0.1) is 20.2 Å². The average molecular weight is 647 g/mol. The van der Waals surface area contributed by atoms with Crippen LogP contribution in [-0.4, -0.2) is 39.2 Å². The number of aromatic hydroxyl groups is 1. The average Bonchev–Trinajstić information content (AvgIpc) is 3.23. The van der Waals surface area contributed by atoms with Gasteiger partial charge in [-0.05, 0) is 37.6 Å². The van der Waals surface area contributed by atoms with Crippen LogP contribution in [0.25, 0.3) is 6.08 Å². The van der Waals surface area contributed by atoms with Crippen LogP contribution in [0.15, 0.2) is 55.9 Å². The molecule has 15 heteroatoms. The van der Waals surface area contributed by atoms with Crippen molar-refractivity contribution in [3.05, 3.63) is 97.1 Å². The number of benzene rings is 2. The monoisotopic (exact) mass is 646 g/mol. The van der Waals surface area contributed by atoms with Crippen LogP contribution in [0.1, 0.15) is 43.9 Å². The Morgan fingerprint density at radius 2 is 1.95 bits per heavy atom. The van der Waals surface area contributed by atoms with Gasteiger partial charge < -0.3 is 14.6 Å². The highest BCUT2D eigenvalue weighted by atomic mass is 79.9. The Morgan fingerprint density at radius 1 is 1.22 bits per heavy atom. The largest absolute Gasteiger partial charge is 0.502 e. The maximum atomic E-state index is 13.9. The standard InChI is InChI=1S/C26H23BrN4O9S/c1-4-6-17-21(25(34)40-5-2)22(16-11-14(27)7-8-19(16)39-3)29-24(33)20(41-26(29)28-17)10-13-9-15(30(35)36)12-18(23(13)32)31(37)38/h7-12,22,32H,4-6H2,1-3H3/b20-10+/t22-/m1/s1. The third-order valence-corrected chi connectivity index (χ3v) is 7.65. The molecule has 2 aromatic carbocycles. The van der Waals surface area contributed by atoms with Crippen molar-refractivity contribution < 1.29 is 29.2 Å². The van der Waals surface area contributed by atoms with E-state index in [2.05, 4.69) is 20.9 Å². The molecular weight excluding hydrogens is 624 g/mol. The number of phenolic OH excluding ortho intramolecular Hbond substituents is 1. The van der Waals surface area contributed by atoms with Gasteiger partial charge in [0.1, 0.15) is 11.8 Å². The molecule has 214 valence electrons. The Balaban J connectivity index is 2.09. The van der Waals surface area contributed by atoms with E-state index in [9.17, 15) is 34.9 Å². The van der Waals surface area contributed by atoms with Crippen LogP contribution in [0.3, 0.4) is 0 Å². The Kier molecular flexibility index (Phi) is 8.68. The second-order valence-corrected chi connectivity index (χ2v) is 10.6. The van der Waals surface area contributed by atoms with E-state index in [0.29, 0.717) is 40.4 Å². The van der Waals surface area contributed by atoms with E-state index >= 15 is 0 Å². The van der Waals surface area contributed by atoms with E-state index in [4.69, 9.17) is 9.47 Å². The number of aromatic nitrogens is 1. The minimum Gasteiger partial charge on any atom is -0.502 e. The Bertz CT molecular complexity index is 1800. The first-order valence-electron chi connectivity index (χ1n) is 12.2. The third-order valence-electron chi connectivity index (χ3n) is 6.18. The molecule has 4 rings (SSSR count). The van der Waals surface area contributed by atoms with Gasteiger partial charge in [0, 0.05) is 21.7 Å². The first-order chi connectivity index (χ1) is 19.5. The molecule has 0 saturated heterocycles. The molecule has 2 heterocycles. The lowest BCUT2D eigenvalue weighted by molar-refractivity contribution is -0.394. The summed E-state index contributed by atoms with van der Waals surface area (Å²) in [5.41, 5.74) is -1.44. The number of esters is 1. The van der Waals surface area contributed by atoms with Gasteiger partial charge in [-0.2, -0.15) is 0 Å². The molecular formula is C26H23BrN4O9S. The van der Waals surface area contributed by atoms with Crippen LogP contribution in [0.4, 0.5) is 11.4 Å². The number of non-ortho nitro benzene ring substituents is 1. The van der Waals surface area contributed by atoms with Gasteiger partial charge in [-0.25, -0.2) is 9.79 Å². The van der Waals surface area contributed by atoms with E-state index in [1.165, 1.54) is 11.7 Å². The third kappa shape index (κ3) is 5.63. The number of thiazole rings is 1. The Morgan fingerprint density at radius 3 is 2.56 bits per heavy atom. The number of nitrogens with zero attached hydrogens (tertiary/aromatic N) is 4. The number of hydrogen-bond acceptors (Lipinski definition) is 11. The van der Waals surface area contributed by atoms with Gasteiger partial charge in [0.2, 0.25) is 5.75 Å². The summed E-state index contributed by atoms with van der Waals surface area (Å²) in [5.74, 6) is -1.11. The number of methoxy groups -OCH3 is 1. The zero-order chi connectivity index (χ0) is 30.0. The van der Waals surface area contributed by atoms with Gasteiger partial charge in [0.25, 0.3) is 11.2 Å². The summed E-state index contributed by atoms with van der Waals surface area (Å²) in [4.78, 5) is 53.1. The topological polar surface area (TPSA) is 176 Å². The SMILES string of the molecule is CCCC1=C(C(=O)OCC)[C@@H](c2cc(Br)ccc2OC)n2c(s/c(=C/c3cc([N+](=O)[O-])cc([N+](=O)[O-])c3O)c2=O)=N1. The molecule has 1 aliphatic heterocycles. The van der Waals surface area contributed by atoms with Crippen LogP contribution < -0.4 is 19.6 Å². The van der Waals surface area contributed by atoms with Crippen molar-refractivity contribution in [3.8, 4) is 11.5 Å². The molecule has 1 aliphatic rings. The van der Waals surface area contributed by atoms with Crippen LogP contribution >= 0.6 is 27.3 Å². The van der Waals surface area contributed by atoms with E-state index in [1.54, 1.807) is 25.1 Å². The quantitative estimate of drug-likeness (QED) is 0.205. The van der Waals surface area contributed by atoms with Crippen LogP contribution in [-0.2, 0) is 9.53 Å². The van der Waals surface area contributed by atoms with Crippen molar-refractivity contribution in [1.82, 2.24) is 4.57 Å². The summed E-state index contributed by atoms with van der Waals surface area (Å²) in [6, 6.07) is 5.68. The lowest BCUT2D eigenvalue weighted by Gasteiger charge is -2.27. The number of halogens is 1. The summed E-state index contributed by atoms with van der Waals surface area (Å²) < 4.78 is 12.8. The highest BCUT2D eigenvalue weighted by molar-refractivity contribution is 9.10. The summed E-state index contributed by atoms with van der Waals surface area (Å²) in [5, 5.41) is 33.4. The zero-order valence-electron chi connectivity index (χ0n) is 22.0. The minimum atomic E-state index is -1.02. The lowest BCUT2D eigenvalue weighted by Crippen LogP contribution is -2.40. The number of nitro groups is 2. The highest BCUT2D eigenvalue weighted by Crippen LogP contribution is 2.39. The lowest BCUT2D eigenvalue weighted by atomic mass is 9.93. The normalized spacial score (nSPS) is 14.8. The number of carbonyl (C=O) groups excluding carboxylic acids is 1. The number of rotatable bonds is 9. The van der Waals surface area contributed by atoms with Gasteiger partial charge in [-0.3, -0.25) is 29.6 Å². The van der Waals surface area contributed by atoms with Crippen molar-refractivity contribution in [3.63, 3.8) is 0 Å². The van der Waals surface area contributed by atoms with Gasteiger partial charge >= 0.3 is 11.7 Å². The molecule has 0 fully saturated rings. The number of carbonyl (C=O) groups is 1. The van der Waals surface area contributed by atoms with Gasteiger partial charge in [-0.1, -0.05) is 40.6 Å². The maximum absolute atomic E-state index is 13.9. The van der Waals surface area contributed by atoms with Crippen LogP contribution in [0.5, 0.6) is 11.5 Å². The summed E-state index contributed by atoms with van der Waals surface area (Å²) in [6.45, 7) is 3.65. The smallest absolute Gasteiger partial charge is 0.338 e. The van der Waals surface area contributed by atoms with Crippen molar-refractivity contribution in [2.24, 2.45) is 4.99 Å². The molecule has 3 aromatic rings. The number of phenols is 1. The zero-order valence-corrected chi connectivity index (χ0v) is 24.4. The molecule has 1 aromatic heterocycles. The predicted octanol–water partition coefficient (Wildman–Crippen LogP) is 3.87. The molecule has 0 saturated carbocycles. The van der Waals surface area contributed by atoms with Crippen molar-refractivity contribution in [1.29, 1.82) is 0 Å². The number of allylic oxidation sites excluding steroid dienone is 1. The first kappa shape index (κ1) is 29.6. The number of ether oxygens (including phenoxy) is 2. The highest BCUT2D eigenvalue weighted by Gasteiger charge is 2.36. The van der Waals surface area contributed by atoms with Gasteiger partial charge in [0.05, 0.1) is 45.4 Å². The number of hydrogen-bond donors (Lipinski definition) is 1. The molecule has 0 spiro atoms. The van der Waals surface area contributed by atoms with Crippen molar-refractivity contribution in [2.75, 3.05) is 13.7 Å². The summed E-state index contributed by atoms with van der Waals surface area (Å²) in [7, 11) is 1.45. The fourth-order valence-corrected chi connectivity index (χ4v) is 5.85. The van der Waals surface area contributed by atoms with Crippen LogP contribution in [0.2, 0.25) is 0 Å². The molecule has 0 unspecified atom stereocenters. The molecule has 0 bridgehead atoms. The number of fused-ring (bicyclic) bond motifs is 1. The van der Waals surface area contributed by atoms with E-state index in [1.807, 2.05) is 6.92 Å². The summed E-state index contributed by atoms with van der Waals surface area (Å²) >= 11 is 4.34. The van der Waals surface area contributed by atoms with E-state index < -0.39 is 44.5 Å². The number of nitro benzene ring substituents is 2. The molecule has 0 aliphatic carbocycles. The second kappa shape index (κ2) is 12.0. The van der Waals surface area contributed by atoms with Gasteiger partial charge in [0.15, 0.2) is 4.80 Å². The van der Waals surface area contributed by atoms with E-state index in [0.717, 1.165) is 23.5 Å². The first-order valence-corrected chi connectivity index (χ1v) is 13.8. The van der Waals surface area contributed by atoms with Crippen molar-refractivity contribution in [2.45, 2.75) is 32.7 Å². The Hall–Kier alpha value is -4.37. The molecule has 0 amide bonds. The predicted molar refractivity (Wildman–Crippen MR) is 152 cm³/mol. The fourth-order valence-electron chi connectivity index (χ4n) is 4.46. The molecule has 0 radical (unpaired) electrons. The molecule has 1 N–H and O–H groups in total. The summed E-state index contributed by atoms with van der Waals surface area (Å²) in [6.07, 6.45) is 2.15. The second-order valence-electron chi connectivity index (χ2n) is 8.72. The fraction of sp³-hybridized carbons (Fsp3) is 0.269.